The summed E-state index contributed by atoms with van der Waals surface area (Å²) in [6, 6.07) is 3.67. The van der Waals surface area contributed by atoms with Crippen molar-refractivity contribution in [3.63, 3.8) is 0 Å². The highest BCUT2D eigenvalue weighted by molar-refractivity contribution is 6.00. The van der Waals surface area contributed by atoms with Crippen LogP contribution >= 0.6 is 0 Å². The maximum atomic E-state index is 15.0. The lowest BCUT2D eigenvalue weighted by Crippen LogP contribution is -2.40. The summed E-state index contributed by atoms with van der Waals surface area (Å²) in [6.45, 7) is 4.68. The summed E-state index contributed by atoms with van der Waals surface area (Å²) in [4.78, 5) is 27.4. The molecule has 2 atom stereocenters. The van der Waals surface area contributed by atoms with Crippen molar-refractivity contribution in [3.05, 3.63) is 76.8 Å². The summed E-state index contributed by atoms with van der Waals surface area (Å²) in [5.41, 5.74) is 3.39. The number of carbonyl (C=O) groups is 2. The van der Waals surface area contributed by atoms with Crippen molar-refractivity contribution in [1.82, 2.24) is 20.0 Å². The molecule has 1 aromatic carbocycles. The zero-order valence-electron chi connectivity index (χ0n) is 23.0. The smallest absolute Gasteiger partial charge is 0.256 e. The van der Waals surface area contributed by atoms with E-state index in [0.717, 1.165) is 34.9 Å². The number of benzene rings is 1. The van der Waals surface area contributed by atoms with E-state index in [4.69, 9.17) is 9.84 Å². The zero-order chi connectivity index (χ0) is 28.2. The molecular weight excluding hydrogens is 514 g/mol. The van der Waals surface area contributed by atoms with Crippen LogP contribution in [0.15, 0.2) is 65.7 Å². The molecule has 2 heterocycles. The number of aryl methyl sites for hydroxylation is 1. The number of hydrogen-bond donors (Lipinski definition) is 1. The van der Waals surface area contributed by atoms with Gasteiger partial charge in [-0.1, -0.05) is 30.4 Å². The van der Waals surface area contributed by atoms with Gasteiger partial charge in [0.2, 0.25) is 0 Å². The molecule has 1 aromatic heterocycles. The third-order valence-corrected chi connectivity index (χ3v) is 8.11. The fourth-order valence-corrected chi connectivity index (χ4v) is 5.71. The fourth-order valence-electron chi connectivity index (χ4n) is 5.71. The van der Waals surface area contributed by atoms with E-state index in [1.807, 2.05) is 36.0 Å². The van der Waals surface area contributed by atoms with Crippen molar-refractivity contribution in [2.24, 2.45) is 11.8 Å². The number of nitrogens with one attached hydrogen (secondary N) is 1. The second-order valence-electron chi connectivity index (χ2n) is 10.8. The number of halogens is 2. The molecule has 1 saturated heterocycles. The van der Waals surface area contributed by atoms with E-state index < -0.39 is 12.0 Å². The average Bonchev–Trinajstić information content (AvgIpc) is 3.37. The minimum absolute atomic E-state index is 0.129. The van der Waals surface area contributed by atoms with Crippen molar-refractivity contribution < 1.29 is 23.1 Å². The number of hydrogen-bond acceptors (Lipinski definition) is 4. The van der Waals surface area contributed by atoms with E-state index in [0.29, 0.717) is 50.7 Å². The first-order valence-electron chi connectivity index (χ1n) is 14.0. The largest absolute Gasteiger partial charge is 0.383 e. The van der Waals surface area contributed by atoms with Crippen molar-refractivity contribution in [1.29, 1.82) is 0 Å². The van der Waals surface area contributed by atoms with Crippen LogP contribution in [-0.4, -0.2) is 66.0 Å². The van der Waals surface area contributed by atoms with Gasteiger partial charge in [0, 0.05) is 69.2 Å². The normalized spacial score (nSPS) is 21.7. The number of aromatic nitrogens is 2. The van der Waals surface area contributed by atoms with Gasteiger partial charge in [-0.3, -0.25) is 14.3 Å². The lowest BCUT2D eigenvalue weighted by atomic mass is 9.86. The first-order valence-corrected chi connectivity index (χ1v) is 14.0. The number of nitrogens with zero attached hydrogens (tertiary/aromatic N) is 3. The van der Waals surface area contributed by atoms with Crippen LogP contribution in [0.25, 0.3) is 10.9 Å². The van der Waals surface area contributed by atoms with Gasteiger partial charge >= 0.3 is 0 Å². The van der Waals surface area contributed by atoms with Gasteiger partial charge in [0.15, 0.2) is 0 Å². The SMILES string of the molecule is COCCNC(=O)c1ccc2nn(CC3CCN(C(=O)C4=C(F)CC(C5=CCC(F)C=C5)C=C4)CC3)cc2c1C. The van der Waals surface area contributed by atoms with Crippen LogP contribution in [0.4, 0.5) is 8.78 Å². The average molecular weight is 551 g/mol. The van der Waals surface area contributed by atoms with E-state index in [2.05, 4.69) is 5.32 Å². The van der Waals surface area contributed by atoms with Gasteiger partial charge in [-0.2, -0.15) is 5.10 Å². The monoisotopic (exact) mass is 550 g/mol. The Bertz CT molecular complexity index is 1400. The summed E-state index contributed by atoms with van der Waals surface area (Å²) in [7, 11) is 1.60. The number of amides is 2. The van der Waals surface area contributed by atoms with Gasteiger partial charge in [0.25, 0.3) is 11.8 Å². The molecule has 9 heteroatoms. The van der Waals surface area contributed by atoms with Gasteiger partial charge in [0.05, 0.1) is 17.7 Å². The molecule has 0 radical (unpaired) electrons. The number of fused-ring (bicyclic) bond motifs is 1. The predicted octanol–water partition coefficient (Wildman–Crippen LogP) is 4.98. The minimum Gasteiger partial charge on any atom is -0.383 e. The summed E-state index contributed by atoms with van der Waals surface area (Å²) in [5.74, 6) is -0.625. The molecule has 1 N–H and O–H groups in total. The number of piperidine rings is 1. The van der Waals surface area contributed by atoms with E-state index in [9.17, 15) is 14.0 Å². The molecule has 3 aliphatic rings. The molecule has 0 saturated carbocycles. The molecule has 5 rings (SSSR count). The second kappa shape index (κ2) is 12.3. The molecule has 1 fully saturated rings. The summed E-state index contributed by atoms with van der Waals surface area (Å²) >= 11 is 0. The zero-order valence-corrected chi connectivity index (χ0v) is 23.0. The predicted molar refractivity (Wildman–Crippen MR) is 150 cm³/mol. The molecule has 0 spiro atoms. The van der Waals surface area contributed by atoms with Gasteiger partial charge < -0.3 is 15.0 Å². The lowest BCUT2D eigenvalue weighted by Gasteiger charge is -2.33. The van der Waals surface area contributed by atoms with E-state index in [1.54, 1.807) is 30.2 Å². The third kappa shape index (κ3) is 6.09. The van der Waals surface area contributed by atoms with Gasteiger partial charge in [-0.15, -0.1) is 0 Å². The highest BCUT2D eigenvalue weighted by Gasteiger charge is 2.29. The molecule has 2 unspecified atom stereocenters. The van der Waals surface area contributed by atoms with Crippen molar-refractivity contribution in [3.8, 4) is 0 Å². The molecule has 7 nitrogen and oxygen atoms in total. The van der Waals surface area contributed by atoms with E-state index in [1.165, 1.54) is 6.08 Å². The summed E-state index contributed by atoms with van der Waals surface area (Å²) in [6.07, 6.45) is 11.5. The second-order valence-corrected chi connectivity index (χ2v) is 10.8. The van der Waals surface area contributed by atoms with Crippen molar-refractivity contribution in [2.45, 2.75) is 45.3 Å². The molecule has 2 aromatic rings. The number of allylic oxidation sites excluding steroid dienone is 6. The first kappa shape index (κ1) is 28.0. The minimum atomic E-state index is -0.981. The Morgan fingerprint density at radius 1 is 1.18 bits per heavy atom. The maximum Gasteiger partial charge on any atom is 0.256 e. The summed E-state index contributed by atoms with van der Waals surface area (Å²) < 4.78 is 35.3. The standard InChI is InChI=1S/C31H36F2N4O3/c1-20-25(30(38)34-13-16-40-2)9-10-29-27(20)19-37(35-29)18-21-11-14-36(15-12-21)31(39)26-8-5-23(17-28(26)33)22-3-6-24(32)7-4-22/h3-6,8-10,19,21,23-24H,7,11-18H2,1-2H3,(H,34,38). The third-order valence-electron chi connectivity index (χ3n) is 8.11. The topological polar surface area (TPSA) is 76.5 Å². The Labute approximate surface area is 233 Å². The number of carbonyl (C=O) groups excluding carboxylic acids is 2. The number of ether oxygens (including phenoxy) is 1. The molecule has 1 aliphatic heterocycles. The fraction of sp³-hybridized carbons (Fsp3) is 0.452. The Hall–Kier alpha value is -3.59. The first-order chi connectivity index (χ1) is 19.3. The molecule has 0 bridgehead atoms. The van der Waals surface area contributed by atoms with Crippen LogP contribution in [0.3, 0.4) is 0 Å². The summed E-state index contributed by atoms with van der Waals surface area (Å²) in [5, 5.41) is 8.53. The van der Waals surface area contributed by atoms with Crippen LogP contribution in [0.1, 0.15) is 41.6 Å². The maximum absolute atomic E-state index is 15.0. The van der Waals surface area contributed by atoms with Gasteiger partial charge in [-0.25, -0.2) is 8.78 Å². The van der Waals surface area contributed by atoms with E-state index >= 15 is 4.39 Å². The number of methoxy groups -OCH3 is 1. The molecule has 2 amide bonds. The van der Waals surface area contributed by atoms with Crippen molar-refractivity contribution >= 4 is 22.7 Å². The Morgan fingerprint density at radius 3 is 2.67 bits per heavy atom. The molecular formula is C31H36F2N4O3. The van der Waals surface area contributed by atoms with Crippen LogP contribution in [0.5, 0.6) is 0 Å². The Balaban J connectivity index is 1.16. The molecule has 2 aliphatic carbocycles. The number of alkyl halides is 1. The molecule has 40 heavy (non-hydrogen) atoms. The van der Waals surface area contributed by atoms with Crippen LogP contribution in [0.2, 0.25) is 0 Å². The Kier molecular flexibility index (Phi) is 8.59. The quantitative estimate of drug-likeness (QED) is 0.471. The van der Waals surface area contributed by atoms with Crippen LogP contribution < -0.4 is 5.32 Å². The Morgan fingerprint density at radius 2 is 1.98 bits per heavy atom. The lowest BCUT2D eigenvalue weighted by molar-refractivity contribution is -0.128. The van der Waals surface area contributed by atoms with Crippen molar-refractivity contribution in [2.75, 3.05) is 33.4 Å². The van der Waals surface area contributed by atoms with Crippen LogP contribution in [-0.2, 0) is 16.1 Å². The van der Waals surface area contributed by atoms with Gasteiger partial charge in [-0.05, 0) is 49.0 Å². The van der Waals surface area contributed by atoms with Crippen LogP contribution in [0, 0.1) is 18.8 Å². The highest BCUT2D eigenvalue weighted by atomic mass is 19.1. The van der Waals surface area contributed by atoms with Gasteiger partial charge in [0.1, 0.15) is 12.0 Å². The number of rotatable bonds is 8. The highest BCUT2D eigenvalue weighted by Crippen LogP contribution is 2.33. The van der Waals surface area contributed by atoms with E-state index in [-0.39, 0.29) is 29.7 Å². The molecule has 212 valence electrons. The number of likely N-dealkylation sites (tertiary alicyclic amines) is 1.